The van der Waals surface area contributed by atoms with Crippen LogP contribution in [-0.4, -0.2) is 22.0 Å². The fourth-order valence-electron chi connectivity index (χ4n) is 4.22. The third-order valence-corrected chi connectivity index (χ3v) is 6.13. The Morgan fingerprint density at radius 2 is 1.87 bits per heavy atom. The molecule has 0 unspecified atom stereocenters. The van der Waals surface area contributed by atoms with Crippen LogP contribution in [0.2, 0.25) is 5.02 Å². The molecule has 1 aliphatic carbocycles. The fourth-order valence-corrected chi connectivity index (χ4v) is 4.34. The van der Waals surface area contributed by atoms with Gasteiger partial charge in [0, 0.05) is 22.3 Å². The van der Waals surface area contributed by atoms with E-state index >= 15 is 0 Å². The molecule has 5 nitrogen and oxygen atoms in total. The van der Waals surface area contributed by atoms with Gasteiger partial charge >= 0.3 is 6.03 Å². The van der Waals surface area contributed by atoms with E-state index < -0.39 is 0 Å². The van der Waals surface area contributed by atoms with Gasteiger partial charge in [0.1, 0.15) is 0 Å². The first-order chi connectivity index (χ1) is 14.5. The lowest BCUT2D eigenvalue weighted by atomic mass is 9.94. The number of hydrogen-bond acceptors (Lipinski definition) is 2. The van der Waals surface area contributed by atoms with Gasteiger partial charge in [-0.2, -0.15) is 0 Å². The van der Waals surface area contributed by atoms with Crippen molar-refractivity contribution in [2.24, 2.45) is 0 Å². The van der Waals surface area contributed by atoms with E-state index in [1.807, 2.05) is 36.1 Å². The summed E-state index contributed by atoms with van der Waals surface area (Å²) in [5, 5.41) is 4.57. The predicted molar refractivity (Wildman–Crippen MR) is 122 cm³/mol. The molecule has 1 aromatic heterocycles. The molecule has 0 radical (unpaired) electrons. The minimum absolute atomic E-state index is 0.124. The van der Waals surface area contributed by atoms with Crippen LogP contribution in [0.5, 0.6) is 0 Å². The second-order valence-corrected chi connectivity index (χ2v) is 8.46. The smallest absolute Gasteiger partial charge is 0.321 e. The Kier molecular flexibility index (Phi) is 6.09. The molecule has 2 N–H and O–H groups in total. The summed E-state index contributed by atoms with van der Waals surface area (Å²) in [6.07, 6.45) is 5.31. The van der Waals surface area contributed by atoms with Crippen LogP contribution in [-0.2, 0) is 6.54 Å². The number of para-hydroxylation sites is 1. The van der Waals surface area contributed by atoms with Crippen molar-refractivity contribution in [3.05, 3.63) is 75.0 Å². The van der Waals surface area contributed by atoms with Crippen molar-refractivity contribution in [3.63, 3.8) is 0 Å². The van der Waals surface area contributed by atoms with Crippen LogP contribution in [0.15, 0.2) is 53.3 Å². The quantitative estimate of drug-likeness (QED) is 0.552. The van der Waals surface area contributed by atoms with Gasteiger partial charge in [0.05, 0.1) is 12.1 Å². The predicted octanol–water partition coefficient (Wildman–Crippen LogP) is 5.86. The monoisotopic (exact) mass is 423 g/mol. The van der Waals surface area contributed by atoms with Crippen molar-refractivity contribution in [1.29, 1.82) is 0 Å². The van der Waals surface area contributed by atoms with E-state index in [0.717, 1.165) is 42.1 Å². The Hall–Kier alpha value is -2.79. The molecule has 0 spiro atoms. The standard InChI is InChI=1S/C24H26ClN3O2/c1-16-6-5-7-17-14-18(23(29)27-22(16)17)15-28(21-8-3-2-4-9-21)24(30)26-20-12-10-19(25)11-13-20/h5-7,10-14,21H,2-4,8-9,15H2,1H3,(H,26,30)(H,27,29). The molecule has 3 aromatic rings. The van der Waals surface area contributed by atoms with Gasteiger partial charge < -0.3 is 15.2 Å². The van der Waals surface area contributed by atoms with Crippen LogP contribution in [0, 0.1) is 6.92 Å². The average Bonchev–Trinajstić information content (AvgIpc) is 2.75. The Bertz CT molecular complexity index is 1100. The van der Waals surface area contributed by atoms with Gasteiger partial charge in [-0.1, -0.05) is 49.1 Å². The van der Waals surface area contributed by atoms with Gasteiger partial charge in [0.2, 0.25) is 0 Å². The number of hydrogen-bond donors (Lipinski definition) is 2. The lowest BCUT2D eigenvalue weighted by Gasteiger charge is -2.34. The number of pyridine rings is 1. The molecule has 1 saturated carbocycles. The number of benzene rings is 2. The minimum atomic E-state index is -0.187. The number of carbonyl (C=O) groups excluding carboxylic acids is 1. The third-order valence-electron chi connectivity index (χ3n) is 5.88. The van der Waals surface area contributed by atoms with Crippen molar-refractivity contribution in [2.75, 3.05) is 5.32 Å². The Labute approximate surface area is 181 Å². The third kappa shape index (κ3) is 4.51. The number of aromatic nitrogens is 1. The summed E-state index contributed by atoms with van der Waals surface area (Å²) in [4.78, 5) is 30.8. The van der Waals surface area contributed by atoms with Crippen molar-refractivity contribution >= 4 is 34.2 Å². The Morgan fingerprint density at radius 1 is 1.13 bits per heavy atom. The molecule has 30 heavy (non-hydrogen) atoms. The van der Waals surface area contributed by atoms with E-state index in [1.54, 1.807) is 24.3 Å². The molecular formula is C24H26ClN3O2. The van der Waals surface area contributed by atoms with E-state index in [9.17, 15) is 9.59 Å². The SMILES string of the molecule is Cc1cccc2cc(CN(C(=O)Nc3ccc(Cl)cc3)C3CCCCC3)c(=O)[nH]c12. The normalized spacial score (nSPS) is 14.6. The molecule has 2 amide bonds. The van der Waals surface area contributed by atoms with Crippen LogP contribution in [0.4, 0.5) is 10.5 Å². The molecule has 0 saturated heterocycles. The van der Waals surface area contributed by atoms with Crippen LogP contribution in [0.3, 0.4) is 0 Å². The summed E-state index contributed by atoms with van der Waals surface area (Å²) in [6.45, 7) is 2.26. The second-order valence-electron chi connectivity index (χ2n) is 8.02. The first-order valence-corrected chi connectivity index (χ1v) is 10.8. The van der Waals surface area contributed by atoms with Crippen LogP contribution < -0.4 is 10.9 Å². The summed E-state index contributed by atoms with van der Waals surface area (Å²) in [6, 6.07) is 14.9. The lowest BCUT2D eigenvalue weighted by molar-refractivity contribution is 0.162. The Morgan fingerprint density at radius 3 is 2.60 bits per heavy atom. The molecule has 156 valence electrons. The number of anilines is 1. The van der Waals surface area contributed by atoms with Gasteiger partial charge in [-0.15, -0.1) is 0 Å². The van der Waals surface area contributed by atoms with Crippen molar-refractivity contribution in [3.8, 4) is 0 Å². The molecule has 2 aromatic carbocycles. The number of H-pyrrole nitrogens is 1. The number of nitrogens with zero attached hydrogens (tertiary/aromatic N) is 1. The molecular weight excluding hydrogens is 398 g/mol. The zero-order chi connectivity index (χ0) is 21.1. The number of aryl methyl sites for hydroxylation is 1. The summed E-state index contributed by atoms with van der Waals surface area (Å²) in [5.41, 5.74) is 3.02. The minimum Gasteiger partial charge on any atom is -0.321 e. The zero-order valence-electron chi connectivity index (χ0n) is 17.1. The zero-order valence-corrected chi connectivity index (χ0v) is 17.8. The number of halogens is 1. The highest BCUT2D eigenvalue weighted by atomic mass is 35.5. The first-order valence-electron chi connectivity index (χ1n) is 10.5. The number of nitrogens with one attached hydrogen (secondary N) is 2. The van der Waals surface area contributed by atoms with Crippen molar-refractivity contribution in [1.82, 2.24) is 9.88 Å². The van der Waals surface area contributed by atoms with Crippen molar-refractivity contribution < 1.29 is 4.79 Å². The summed E-state index contributed by atoms with van der Waals surface area (Å²) >= 11 is 5.95. The maximum Gasteiger partial charge on any atom is 0.322 e. The van der Waals surface area contributed by atoms with Crippen LogP contribution >= 0.6 is 11.6 Å². The first kappa shape index (κ1) is 20.5. The largest absolute Gasteiger partial charge is 0.322 e. The molecule has 1 heterocycles. The maximum atomic E-state index is 13.2. The fraction of sp³-hybridized carbons (Fsp3) is 0.333. The number of fused-ring (bicyclic) bond motifs is 1. The summed E-state index contributed by atoms with van der Waals surface area (Å²) in [5.74, 6) is 0. The van der Waals surface area contributed by atoms with E-state index in [2.05, 4.69) is 10.3 Å². The molecule has 1 fully saturated rings. The number of aromatic amines is 1. The number of rotatable bonds is 4. The van der Waals surface area contributed by atoms with Gasteiger partial charge in [-0.25, -0.2) is 4.79 Å². The molecule has 6 heteroatoms. The topological polar surface area (TPSA) is 65.2 Å². The van der Waals surface area contributed by atoms with Gasteiger partial charge in [-0.3, -0.25) is 4.79 Å². The van der Waals surface area contributed by atoms with Crippen LogP contribution in [0.1, 0.15) is 43.2 Å². The van der Waals surface area contributed by atoms with Crippen LogP contribution in [0.25, 0.3) is 10.9 Å². The maximum absolute atomic E-state index is 13.2. The summed E-state index contributed by atoms with van der Waals surface area (Å²) < 4.78 is 0. The van der Waals surface area contributed by atoms with E-state index in [-0.39, 0.29) is 24.2 Å². The van der Waals surface area contributed by atoms with Crippen molar-refractivity contribution in [2.45, 2.75) is 51.6 Å². The molecule has 1 aliphatic rings. The molecule has 0 aliphatic heterocycles. The highest BCUT2D eigenvalue weighted by molar-refractivity contribution is 6.30. The Balaban J connectivity index is 1.63. The average molecular weight is 424 g/mol. The van der Waals surface area contributed by atoms with Gasteiger partial charge in [0.25, 0.3) is 5.56 Å². The highest BCUT2D eigenvalue weighted by Gasteiger charge is 2.26. The van der Waals surface area contributed by atoms with E-state index in [1.165, 1.54) is 6.42 Å². The summed E-state index contributed by atoms with van der Waals surface area (Å²) in [7, 11) is 0. The van der Waals surface area contributed by atoms with E-state index in [4.69, 9.17) is 11.6 Å². The number of carbonyl (C=O) groups is 1. The lowest BCUT2D eigenvalue weighted by Crippen LogP contribution is -2.44. The number of amides is 2. The molecule has 4 rings (SSSR count). The van der Waals surface area contributed by atoms with Gasteiger partial charge in [-0.05, 0) is 61.0 Å². The molecule has 0 bridgehead atoms. The van der Waals surface area contributed by atoms with E-state index in [0.29, 0.717) is 16.3 Å². The molecule has 0 atom stereocenters. The number of urea groups is 1. The van der Waals surface area contributed by atoms with Gasteiger partial charge in [0.15, 0.2) is 0 Å². The second kappa shape index (κ2) is 8.92. The highest BCUT2D eigenvalue weighted by Crippen LogP contribution is 2.25.